The highest BCUT2D eigenvalue weighted by atomic mass is 28.4. The summed E-state index contributed by atoms with van der Waals surface area (Å²) in [5.74, 6) is 0. The van der Waals surface area contributed by atoms with Crippen molar-refractivity contribution in [2.24, 2.45) is 0 Å². The molecule has 1 aliphatic rings. The molecule has 0 unspecified atom stereocenters. The number of nitrogens with one attached hydrogen (secondary N) is 1. The van der Waals surface area contributed by atoms with Crippen LogP contribution in [-0.2, 0) is 8.85 Å². The van der Waals surface area contributed by atoms with Gasteiger partial charge in [0.05, 0.1) is 0 Å². The van der Waals surface area contributed by atoms with Gasteiger partial charge in [0, 0.05) is 25.3 Å². The molecule has 0 aromatic carbocycles. The van der Waals surface area contributed by atoms with E-state index in [1.165, 1.54) is 32.1 Å². The van der Waals surface area contributed by atoms with Gasteiger partial charge in [0.2, 0.25) is 0 Å². The van der Waals surface area contributed by atoms with Crippen molar-refractivity contribution in [1.82, 2.24) is 4.98 Å². The van der Waals surface area contributed by atoms with Crippen LogP contribution in [0.15, 0.2) is 0 Å². The Labute approximate surface area is 101 Å². The van der Waals surface area contributed by atoms with Crippen molar-refractivity contribution in [3.63, 3.8) is 0 Å². The van der Waals surface area contributed by atoms with Gasteiger partial charge in [-0.1, -0.05) is 26.2 Å². The van der Waals surface area contributed by atoms with E-state index in [-0.39, 0.29) is 0 Å². The van der Waals surface area contributed by atoms with Crippen LogP contribution in [0.5, 0.6) is 0 Å². The maximum atomic E-state index is 5.93. The predicted molar refractivity (Wildman–Crippen MR) is 69.5 cm³/mol. The van der Waals surface area contributed by atoms with E-state index in [9.17, 15) is 0 Å². The predicted octanol–water partition coefficient (Wildman–Crippen LogP) is 2.94. The van der Waals surface area contributed by atoms with Crippen molar-refractivity contribution in [3.8, 4) is 0 Å². The highest BCUT2D eigenvalue weighted by Crippen LogP contribution is 2.21. The molecular formula is C12H27NO2Si. The molecule has 16 heavy (non-hydrogen) atoms. The Balaban J connectivity index is 2.52. The minimum absolute atomic E-state index is 0.624. The first-order valence-electron chi connectivity index (χ1n) is 6.82. The van der Waals surface area contributed by atoms with E-state index < -0.39 is 8.72 Å². The highest BCUT2D eigenvalue weighted by Gasteiger charge is 2.38. The SMILES string of the molecule is CCO[Si](CC)(NC1CCCCC1)OCC. The van der Waals surface area contributed by atoms with Crippen LogP contribution in [-0.4, -0.2) is 28.0 Å². The molecule has 1 N–H and O–H groups in total. The maximum absolute atomic E-state index is 5.93. The van der Waals surface area contributed by atoms with E-state index in [1.807, 2.05) is 0 Å². The summed E-state index contributed by atoms with van der Waals surface area (Å²) in [6, 6.07) is 1.61. The summed E-state index contributed by atoms with van der Waals surface area (Å²) in [5, 5.41) is 0. The van der Waals surface area contributed by atoms with Crippen molar-refractivity contribution in [2.45, 2.75) is 65.0 Å². The molecule has 0 spiro atoms. The fourth-order valence-electron chi connectivity index (χ4n) is 2.46. The van der Waals surface area contributed by atoms with E-state index in [2.05, 4.69) is 25.8 Å². The van der Waals surface area contributed by atoms with Gasteiger partial charge in [0.1, 0.15) is 0 Å². The summed E-state index contributed by atoms with van der Waals surface area (Å²) >= 11 is 0. The Kier molecular flexibility index (Phi) is 6.57. The molecule has 1 rings (SSSR count). The molecule has 0 aromatic heterocycles. The van der Waals surface area contributed by atoms with Crippen molar-refractivity contribution < 1.29 is 8.85 Å². The normalized spacial score (nSPS) is 18.9. The van der Waals surface area contributed by atoms with Gasteiger partial charge in [0.15, 0.2) is 0 Å². The fraction of sp³-hybridized carbons (Fsp3) is 1.00. The third-order valence-corrected chi connectivity index (χ3v) is 6.54. The van der Waals surface area contributed by atoms with Crippen LogP contribution >= 0.6 is 0 Å². The van der Waals surface area contributed by atoms with Gasteiger partial charge in [0.25, 0.3) is 0 Å². The molecule has 1 aliphatic carbocycles. The van der Waals surface area contributed by atoms with E-state index in [1.54, 1.807) is 0 Å². The number of hydrogen-bond donors (Lipinski definition) is 1. The van der Waals surface area contributed by atoms with Gasteiger partial charge < -0.3 is 8.85 Å². The first-order valence-corrected chi connectivity index (χ1v) is 8.84. The van der Waals surface area contributed by atoms with Gasteiger partial charge in [-0.05, 0) is 26.7 Å². The van der Waals surface area contributed by atoms with Crippen molar-refractivity contribution in [1.29, 1.82) is 0 Å². The Bertz CT molecular complexity index is 178. The molecule has 0 heterocycles. The molecule has 96 valence electrons. The maximum Gasteiger partial charge on any atom is 0.424 e. The molecule has 1 fully saturated rings. The minimum atomic E-state index is -2.11. The topological polar surface area (TPSA) is 30.5 Å². The average Bonchev–Trinajstić information content (AvgIpc) is 2.31. The molecule has 0 atom stereocenters. The summed E-state index contributed by atoms with van der Waals surface area (Å²) in [4.78, 5) is 3.72. The second-order valence-corrected chi connectivity index (χ2v) is 7.53. The summed E-state index contributed by atoms with van der Waals surface area (Å²) in [6.07, 6.45) is 6.67. The van der Waals surface area contributed by atoms with Crippen molar-refractivity contribution in [2.75, 3.05) is 13.2 Å². The zero-order valence-electron chi connectivity index (χ0n) is 11.1. The summed E-state index contributed by atoms with van der Waals surface area (Å²) in [6.45, 7) is 7.78. The molecule has 0 saturated heterocycles. The molecular weight excluding hydrogens is 218 g/mol. The molecule has 0 aliphatic heterocycles. The lowest BCUT2D eigenvalue weighted by molar-refractivity contribution is 0.163. The first-order chi connectivity index (χ1) is 7.76. The van der Waals surface area contributed by atoms with Crippen LogP contribution in [0.4, 0.5) is 0 Å². The van der Waals surface area contributed by atoms with Gasteiger partial charge in [-0.2, -0.15) is 0 Å². The Morgan fingerprint density at radius 3 is 2.00 bits per heavy atom. The Hall–Kier alpha value is 0.0969. The van der Waals surface area contributed by atoms with E-state index >= 15 is 0 Å². The van der Waals surface area contributed by atoms with Crippen molar-refractivity contribution >= 4 is 8.72 Å². The van der Waals surface area contributed by atoms with Crippen LogP contribution in [0.3, 0.4) is 0 Å². The monoisotopic (exact) mass is 245 g/mol. The number of rotatable bonds is 7. The molecule has 0 radical (unpaired) electrons. The second kappa shape index (κ2) is 7.43. The molecule has 0 bridgehead atoms. The van der Waals surface area contributed by atoms with Gasteiger partial charge >= 0.3 is 8.72 Å². The molecule has 0 aromatic rings. The molecule has 0 amide bonds. The third kappa shape index (κ3) is 4.16. The van der Waals surface area contributed by atoms with Gasteiger partial charge in [-0.15, -0.1) is 0 Å². The molecule has 4 heteroatoms. The van der Waals surface area contributed by atoms with E-state index in [0.717, 1.165) is 19.3 Å². The lowest BCUT2D eigenvalue weighted by Gasteiger charge is -2.35. The van der Waals surface area contributed by atoms with Gasteiger partial charge in [-0.25, -0.2) is 0 Å². The van der Waals surface area contributed by atoms with Crippen LogP contribution < -0.4 is 4.98 Å². The smallest absolute Gasteiger partial charge is 0.383 e. The van der Waals surface area contributed by atoms with Crippen LogP contribution in [0.25, 0.3) is 0 Å². The zero-order valence-corrected chi connectivity index (χ0v) is 12.1. The summed E-state index contributed by atoms with van der Waals surface area (Å²) in [5.41, 5.74) is 0. The van der Waals surface area contributed by atoms with Crippen LogP contribution in [0.1, 0.15) is 52.9 Å². The van der Waals surface area contributed by atoms with Crippen molar-refractivity contribution in [3.05, 3.63) is 0 Å². The van der Waals surface area contributed by atoms with Crippen LogP contribution in [0, 0.1) is 0 Å². The van der Waals surface area contributed by atoms with E-state index in [0.29, 0.717) is 6.04 Å². The Morgan fingerprint density at radius 2 is 1.56 bits per heavy atom. The summed E-state index contributed by atoms with van der Waals surface area (Å²) in [7, 11) is -2.11. The first kappa shape index (κ1) is 14.2. The zero-order chi connectivity index (χ0) is 11.9. The minimum Gasteiger partial charge on any atom is -0.383 e. The van der Waals surface area contributed by atoms with Crippen LogP contribution in [0.2, 0.25) is 6.04 Å². The Morgan fingerprint density at radius 1 is 1.00 bits per heavy atom. The average molecular weight is 245 g/mol. The van der Waals surface area contributed by atoms with Gasteiger partial charge in [-0.3, -0.25) is 4.98 Å². The second-order valence-electron chi connectivity index (χ2n) is 4.45. The molecule has 3 nitrogen and oxygen atoms in total. The number of hydrogen-bond acceptors (Lipinski definition) is 3. The largest absolute Gasteiger partial charge is 0.424 e. The van der Waals surface area contributed by atoms with E-state index in [4.69, 9.17) is 8.85 Å². The highest BCUT2D eigenvalue weighted by molar-refractivity contribution is 6.64. The lowest BCUT2D eigenvalue weighted by Crippen LogP contribution is -2.59. The summed E-state index contributed by atoms with van der Waals surface area (Å²) < 4.78 is 11.9. The fourth-order valence-corrected chi connectivity index (χ4v) is 5.16. The quantitative estimate of drug-likeness (QED) is 0.700. The standard InChI is InChI=1S/C12H27NO2Si/c1-4-14-16(6-3,15-5-2)13-12-10-8-7-9-11-12/h12-13H,4-11H2,1-3H3. The lowest BCUT2D eigenvalue weighted by atomic mass is 9.96. The third-order valence-electron chi connectivity index (χ3n) is 3.25. The molecule has 1 saturated carbocycles.